The molecular weight excluding hydrogens is 326 g/mol. The number of hydrogen-bond acceptors (Lipinski definition) is 5. The summed E-state index contributed by atoms with van der Waals surface area (Å²) < 4.78 is 1.42. The maximum Gasteiger partial charge on any atom is 0.278 e. The van der Waals surface area contributed by atoms with E-state index >= 15 is 0 Å². The molecule has 2 aromatic heterocycles. The van der Waals surface area contributed by atoms with E-state index < -0.39 is 0 Å². The Hall–Kier alpha value is -3.80. The van der Waals surface area contributed by atoms with Crippen LogP contribution in [-0.2, 0) is 0 Å². The van der Waals surface area contributed by atoms with Crippen LogP contribution in [-0.4, -0.2) is 25.7 Å². The van der Waals surface area contributed by atoms with Gasteiger partial charge in [0, 0.05) is 28.9 Å². The molecule has 0 bridgehead atoms. The summed E-state index contributed by atoms with van der Waals surface area (Å²) in [7, 11) is 0. The first-order valence-corrected chi connectivity index (χ1v) is 8.04. The van der Waals surface area contributed by atoms with Crippen LogP contribution in [0.25, 0.3) is 23.1 Å². The molecule has 0 spiro atoms. The molecule has 126 valence electrons. The fraction of sp³-hybridized carbons (Fsp3) is 0. The molecule has 2 N–H and O–H groups in total. The van der Waals surface area contributed by atoms with Crippen molar-refractivity contribution < 1.29 is 4.79 Å². The normalized spacial score (nSPS) is 11.2. The van der Waals surface area contributed by atoms with Crippen molar-refractivity contribution in [3.05, 3.63) is 83.8 Å². The lowest BCUT2D eigenvalue weighted by molar-refractivity contribution is 0.0950. The lowest BCUT2D eigenvalue weighted by Gasteiger charge is -2.02. The Morgan fingerprint density at radius 1 is 0.923 bits per heavy atom. The Morgan fingerprint density at radius 2 is 1.65 bits per heavy atom. The predicted octanol–water partition coefficient (Wildman–Crippen LogP) is 3.27. The molecule has 6 nitrogen and oxygen atoms in total. The van der Waals surface area contributed by atoms with Gasteiger partial charge < -0.3 is 5.73 Å². The highest BCUT2D eigenvalue weighted by molar-refractivity contribution is 6.01. The van der Waals surface area contributed by atoms with Gasteiger partial charge in [0.1, 0.15) is 0 Å². The minimum absolute atomic E-state index is 0.150. The minimum atomic E-state index is -0.150. The summed E-state index contributed by atoms with van der Waals surface area (Å²) in [5.41, 5.74) is 8.70. The second kappa shape index (κ2) is 6.60. The van der Waals surface area contributed by atoms with E-state index in [4.69, 9.17) is 5.73 Å². The summed E-state index contributed by atoms with van der Waals surface area (Å²) in [5, 5.41) is 5.14. The second-order valence-corrected chi connectivity index (χ2v) is 5.75. The van der Waals surface area contributed by atoms with Gasteiger partial charge in [-0.1, -0.05) is 36.4 Å². The van der Waals surface area contributed by atoms with Crippen LogP contribution in [0.2, 0.25) is 0 Å². The number of nitrogens with zero attached hydrogens (tertiary/aromatic N) is 4. The SMILES string of the molecule is Nc1ncc(/C=C/c2ccc3c(cnn3C(=O)c3ccccc3)c2)cn1. The number of benzene rings is 2. The molecule has 4 rings (SSSR count). The number of nitrogens with two attached hydrogens (primary N) is 1. The summed E-state index contributed by atoms with van der Waals surface area (Å²) in [6.45, 7) is 0. The number of anilines is 1. The highest BCUT2D eigenvalue weighted by Gasteiger charge is 2.12. The molecule has 4 aromatic rings. The van der Waals surface area contributed by atoms with Gasteiger partial charge in [-0.25, -0.2) is 9.97 Å². The maximum absolute atomic E-state index is 12.6. The smallest absolute Gasteiger partial charge is 0.278 e. The zero-order valence-electron chi connectivity index (χ0n) is 13.8. The van der Waals surface area contributed by atoms with Crippen LogP contribution in [0.1, 0.15) is 21.5 Å². The summed E-state index contributed by atoms with van der Waals surface area (Å²) in [5.74, 6) is 0.0991. The van der Waals surface area contributed by atoms with Gasteiger partial charge in [0.2, 0.25) is 5.95 Å². The molecule has 0 saturated heterocycles. The molecule has 0 unspecified atom stereocenters. The number of rotatable bonds is 3. The van der Waals surface area contributed by atoms with E-state index in [2.05, 4.69) is 15.1 Å². The van der Waals surface area contributed by atoms with Gasteiger partial charge in [-0.15, -0.1) is 0 Å². The molecule has 0 saturated carbocycles. The molecule has 0 aliphatic heterocycles. The highest BCUT2D eigenvalue weighted by atomic mass is 16.2. The van der Waals surface area contributed by atoms with Crippen molar-refractivity contribution in [3.8, 4) is 0 Å². The Labute approximate surface area is 149 Å². The molecule has 2 aromatic carbocycles. The molecule has 26 heavy (non-hydrogen) atoms. The van der Waals surface area contributed by atoms with Crippen LogP contribution in [0, 0.1) is 0 Å². The molecule has 0 radical (unpaired) electrons. The van der Waals surface area contributed by atoms with Crippen molar-refractivity contribution in [2.45, 2.75) is 0 Å². The zero-order chi connectivity index (χ0) is 17.9. The molecular formula is C20H15N5O. The Morgan fingerprint density at radius 3 is 2.42 bits per heavy atom. The van der Waals surface area contributed by atoms with Crippen molar-refractivity contribution in [1.29, 1.82) is 0 Å². The fourth-order valence-corrected chi connectivity index (χ4v) is 2.65. The zero-order valence-corrected chi connectivity index (χ0v) is 13.8. The van der Waals surface area contributed by atoms with Crippen LogP contribution in [0.3, 0.4) is 0 Å². The number of aromatic nitrogens is 4. The molecule has 0 amide bonds. The molecule has 0 fully saturated rings. The van der Waals surface area contributed by atoms with Crippen LogP contribution in [0.5, 0.6) is 0 Å². The molecule has 6 heteroatoms. The Bertz CT molecular complexity index is 1100. The fourth-order valence-electron chi connectivity index (χ4n) is 2.65. The second-order valence-electron chi connectivity index (χ2n) is 5.75. The van der Waals surface area contributed by atoms with E-state index in [1.54, 1.807) is 30.7 Å². The Balaban J connectivity index is 1.63. The van der Waals surface area contributed by atoms with E-state index in [1.807, 2.05) is 48.6 Å². The maximum atomic E-state index is 12.6. The van der Waals surface area contributed by atoms with Crippen LogP contribution < -0.4 is 5.73 Å². The van der Waals surface area contributed by atoms with Crippen LogP contribution in [0.4, 0.5) is 5.95 Å². The third-order valence-corrected chi connectivity index (χ3v) is 3.97. The number of hydrogen-bond donors (Lipinski definition) is 1. The molecule has 2 heterocycles. The number of carbonyl (C=O) groups excluding carboxylic acids is 1. The molecule has 0 atom stereocenters. The standard InChI is InChI=1S/C20H15N5O/c21-20-22-11-15(12-23-20)7-6-14-8-9-18-17(10-14)13-24-25(18)19(26)16-4-2-1-3-5-16/h1-13H,(H2,21,22,23)/b7-6+. The van der Waals surface area contributed by atoms with E-state index in [-0.39, 0.29) is 11.9 Å². The van der Waals surface area contributed by atoms with Crippen LogP contribution in [0.15, 0.2) is 67.1 Å². The van der Waals surface area contributed by atoms with Crippen LogP contribution >= 0.6 is 0 Å². The van der Waals surface area contributed by atoms with Gasteiger partial charge in [0.05, 0.1) is 11.7 Å². The number of carbonyl (C=O) groups is 1. The van der Waals surface area contributed by atoms with Gasteiger partial charge in [-0.05, 0) is 29.8 Å². The third-order valence-electron chi connectivity index (χ3n) is 3.97. The average molecular weight is 341 g/mol. The topological polar surface area (TPSA) is 86.7 Å². The average Bonchev–Trinajstić information content (AvgIpc) is 3.11. The van der Waals surface area contributed by atoms with Crippen molar-refractivity contribution in [1.82, 2.24) is 19.7 Å². The highest BCUT2D eigenvalue weighted by Crippen LogP contribution is 2.19. The van der Waals surface area contributed by atoms with Crippen molar-refractivity contribution >= 4 is 34.9 Å². The lowest BCUT2D eigenvalue weighted by atomic mass is 10.1. The summed E-state index contributed by atoms with van der Waals surface area (Å²) >= 11 is 0. The summed E-state index contributed by atoms with van der Waals surface area (Å²) in [4.78, 5) is 20.5. The van der Waals surface area contributed by atoms with E-state index in [0.29, 0.717) is 5.56 Å². The van der Waals surface area contributed by atoms with Gasteiger partial charge >= 0.3 is 0 Å². The number of fused-ring (bicyclic) bond motifs is 1. The summed E-state index contributed by atoms with van der Waals surface area (Å²) in [6.07, 6.45) is 8.87. The molecule has 0 aliphatic carbocycles. The van der Waals surface area contributed by atoms with Gasteiger partial charge in [0.25, 0.3) is 5.91 Å². The van der Waals surface area contributed by atoms with E-state index in [1.165, 1.54) is 4.68 Å². The van der Waals surface area contributed by atoms with Gasteiger partial charge in [0.15, 0.2) is 0 Å². The Kier molecular flexibility index (Phi) is 3.99. The van der Waals surface area contributed by atoms with Gasteiger partial charge in [-0.2, -0.15) is 9.78 Å². The predicted molar refractivity (Wildman–Crippen MR) is 101 cm³/mol. The quantitative estimate of drug-likeness (QED) is 0.618. The van der Waals surface area contributed by atoms with Crippen molar-refractivity contribution in [2.24, 2.45) is 0 Å². The van der Waals surface area contributed by atoms with E-state index in [9.17, 15) is 4.79 Å². The first-order chi connectivity index (χ1) is 12.7. The monoisotopic (exact) mass is 341 g/mol. The van der Waals surface area contributed by atoms with E-state index in [0.717, 1.165) is 22.0 Å². The third kappa shape index (κ3) is 3.08. The molecule has 0 aliphatic rings. The first-order valence-electron chi connectivity index (χ1n) is 8.04. The lowest BCUT2D eigenvalue weighted by Crippen LogP contribution is -2.13. The van der Waals surface area contributed by atoms with Crippen molar-refractivity contribution in [3.63, 3.8) is 0 Å². The first kappa shape index (κ1) is 15.7. The largest absolute Gasteiger partial charge is 0.368 e. The minimum Gasteiger partial charge on any atom is -0.368 e. The summed E-state index contributed by atoms with van der Waals surface area (Å²) in [6, 6.07) is 14.9. The van der Waals surface area contributed by atoms with Crippen molar-refractivity contribution in [2.75, 3.05) is 5.73 Å². The van der Waals surface area contributed by atoms with Gasteiger partial charge in [-0.3, -0.25) is 4.79 Å². The number of nitrogen functional groups attached to an aromatic ring is 1.